The molecule has 0 aliphatic heterocycles. The summed E-state index contributed by atoms with van der Waals surface area (Å²) in [6.07, 6.45) is 0.507. The predicted octanol–water partition coefficient (Wildman–Crippen LogP) is 1.02. The lowest BCUT2D eigenvalue weighted by Gasteiger charge is -2.22. The standard InChI is InChI=1S/C8H18O2/c1-4-6(2)7(3)8(10)5-9/h6-10H,4-5H2,1-3H3. The fraction of sp³-hybridized carbons (Fsp3) is 1.00. The summed E-state index contributed by atoms with van der Waals surface area (Å²) in [7, 11) is 0. The zero-order valence-corrected chi connectivity index (χ0v) is 7.04. The summed E-state index contributed by atoms with van der Waals surface area (Å²) in [6, 6.07) is 0. The van der Waals surface area contributed by atoms with E-state index in [9.17, 15) is 5.11 Å². The van der Waals surface area contributed by atoms with Crippen LogP contribution in [0.15, 0.2) is 0 Å². The van der Waals surface area contributed by atoms with Crippen LogP contribution in [0.2, 0.25) is 0 Å². The van der Waals surface area contributed by atoms with E-state index in [-0.39, 0.29) is 12.5 Å². The van der Waals surface area contributed by atoms with E-state index in [1.807, 2.05) is 6.92 Å². The molecule has 0 amide bonds. The first-order valence-corrected chi connectivity index (χ1v) is 3.92. The van der Waals surface area contributed by atoms with Crippen LogP contribution >= 0.6 is 0 Å². The molecular weight excluding hydrogens is 128 g/mol. The number of aliphatic hydroxyl groups excluding tert-OH is 2. The number of aliphatic hydroxyl groups is 2. The summed E-state index contributed by atoms with van der Waals surface area (Å²) in [6.45, 7) is 6.02. The fourth-order valence-corrected chi connectivity index (χ4v) is 0.917. The third-order valence-electron chi connectivity index (χ3n) is 2.34. The van der Waals surface area contributed by atoms with Gasteiger partial charge in [-0.15, -0.1) is 0 Å². The molecule has 0 fully saturated rings. The first kappa shape index (κ1) is 9.92. The maximum atomic E-state index is 9.18. The minimum atomic E-state index is -0.546. The Morgan fingerprint density at radius 2 is 1.80 bits per heavy atom. The van der Waals surface area contributed by atoms with Crippen molar-refractivity contribution in [3.05, 3.63) is 0 Å². The Labute approximate surface area is 62.9 Å². The highest BCUT2D eigenvalue weighted by Gasteiger charge is 2.17. The van der Waals surface area contributed by atoms with Crippen molar-refractivity contribution in [2.75, 3.05) is 6.61 Å². The van der Waals surface area contributed by atoms with Crippen LogP contribution < -0.4 is 0 Å². The van der Waals surface area contributed by atoms with E-state index in [0.29, 0.717) is 5.92 Å². The van der Waals surface area contributed by atoms with Gasteiger partial charge < -0.3 is 10.2 Å². The zero-order valence-electron chi connectivity index (χ0n) is 7.04. The van der Waals surface area contributed by atoms with Gasteiger partial charge in [-0.3, -0.25) is 0 Å². The molecule has 0 saturated heterocycles. The maximum Gasteiger partial charge on any atom is 0.0798 e. The topological polar surface area (TPSA) is 40.5 Å². The van der Waals surface area contributed by atoms with Gasteiger partial charge in [0.25, 0.3) is 0 Å². The maximum absolute atomic E-state index is 9.18. The normalized spacial score (nSPS) is 20.1. The average molecular weight is 146 g/mol. The van der Waals surface area contributed by atoms with Crippen LogP contribution in [-0.4, -0.2) is 22.9 Å². The molecule has 0 rings (SSSR count). The third kappa shape index (κ3) is 2.67. The Bertz CT molecular complexity index is 73.3. The van der Waals surface area contributed by atoms with Gasteiger partial charge in [0.15, 0.2) is 0 Å². The predicted molar refractivity (Wildman–Crippen MR) is 41.7 cm³/mol. The van der Waals surface area contributed by atoms with E-state index < -0.39 is 6.10 Å². The van der Waals surface area contributed by atoms with E-state index >= 15 is 0 Å². The monoisotopic (exact) mass is 146 g/mol. The molecule has 0 aromatic carbocycles. The van der Waals surface area contributed by atoms with Crippen molar-refractivity contribution in [2.45, 2.75) is 33.3 Å². The highest BCUT2D eigenvalue weighted by Crippen LogP contribution is 2.17. The lowest BCUT2D eigenvalue weighted by molar-refractivity contribution is 0.0330. The zero-order chi connectivity index (χ0) is 8.15. The van der Waals surface area contributed by atoms with Crippen molar-refractivity contribution in [3.63, 3.8) is 0 Å². The van der Waals surface area contributed by atoms with Crippen molar-refractivity contribution >= 4 is 0 Å². The first-order chi connectivity index (χ1) is 4.63. The first-order valence-electron chi connectivity index (χ1n) is 3.92. The smallest absolute Gasteiger partial charge is 0.0798 e. The third-order valence-corrected chi connectivity index (χ3v) is 2.34. The molecular formula is C8H18O2. The van der Waals surface area contributed by atoms with Gasteiger partial charge in [-0.1, -0.05) is 27.2 Å². The van der Waals surface area contributed by atoms with Gasteiger partial charge in [0.05, 0.1) is 12.7 Å². The highest BCUT2D eigenvalue weighted by atomic mass is 16.3. The summed E-state index contributed by atoms with van der Waals surface area (Å²) in [5.41, 5.74) is 0. The van der Waals surface area contributed by atoms with Gasteiger partial charge in [-0.05, 0) is 11.8 Å². The van der Waals surface area contributed by atoms with Gasteiger partial charge in [-0.25, -0.2) is 0 Å². The lowest BCUT2D eigenvalue weighted by atomic mass is 9.89. The van der Waals surface area contributed by atoms with Crippen LogP contribution in [0, 0.1) is 11.8 Å². The molecule has 0 aliphatic carbocycles. The SMILES string of the molecule is CCC(C)C(C)C(O)CO. The number of rotatable bonds is 4. The number of hydrogen-bond acceptors (Lipinski definition) is 2. The molecule has 0 aromatic heterocycles. The summed E-state index contributed by atoms with van der Waals surface area (Å²) in [4.78, 5) is 0. The molecule has 0 spiro atoms. The molecule has 3 atom stereocenters. The fourth-order valence-electron chi connectivity index (χ4n) is 0.917. The molecule has 2 N–H and O–H groups in total. The summed E-state index contributed by atoms with van der Waals surface area (Å²) >= 11 is 0. The van der Waals surface area contributed by atoms with E-state index in [1.54, 1.807) is 0 Å². The van der Waals surface area contributed by atoms with E-state index in [4.69, 9.17) is 5.11 Å². The Morgan fingerprint density at radius 1 is 1.30 bits per heavy atom. The van der Waals surface area contributed by atoms with Crippen LogP contribution in [0.4, 0.5) is 0 Å². The second-order valence-electron chi connectivity index (χ2n) is 2.99. The second kappa shape index (κ2) is 4.69. The van der Waals surface area contributed by atoms with Gasteiger partial charge >= 0.3 is 0 Å². The Balaban J connectivity index is 3.69. The van der Waals surface area contributed by atoms with Gasteiger partial charge in [0.1, 0.15) is 0 Å². The molecule has 0 aliphatic rings. The van der Waals surface area contributed by atoms with E-state index in [0.717, 1.165) is 6.42 Å². The Morgan fingerprint density at radius 3 is 2.10 bits per heavy atom. The molecule has 0 bridgehead atoms. The molecule has 10 heavy (non-hydrogen) atoms. The molecule has 2 heteroatoms. The minimum absolute atomic E-state index is 0.120. The molecule has 0 aromatic rings. The van der Waals surface area contributed by atoms with Crippen molar-refractivity contribution in [2.24, 2.45) is 11.8 Å². The van der Waals surface area contributed by atoms with Gasteiger partial charge in [0.2, 0.25) is 0 Å². The molecule has 62 valence electrons. The van der Waals surface area contributed by atoms with Crippen molar-refractivity contribution in [1.82, 2.24) is 0 Å². The van der Waals surface area contributed by atoms with Gasteiger partial charge in [0, 0.05) is 0 Å². The molecule has 0 heterocycles. The van der Waals surface area contributed by atoms with Crippen molar-refractivity contribution in [1.29, 1.82) is 0 Å². The van der Waals surface area contributed by atoms with Gasteiger partial charge in [-0.2, -0.15) is 0 Å². The summed E-state index contributed by atoms with van der Waals surface area (Å²) in [5, 5.41) is 17.8. The summed E-state index contributed by atoms with van der Waals surface area (Å²) in [5.74, 6) is 0.692. The molecule has 0 saturated carbocycles. The van der Waals surface area contributed by atoms with Crippen LogP contribution in [0.25, 0.3) is 0 Å². The minimum Gasteiger partial charge on any atom is -0.394 e. The molecule has 2 nitrogen and oxygen atoms in total. The van der Waals surface area contributed by atoms with Crippen LogP contribution in [0.5, 0.6) is 0 Å². The average Bonchev–Trinajstić information content (AvgIpc) is 2.00. The largest absolute Gasteiger partial charge is 0.394 e. The Kier molecular flexibility index (Phi) is 4.65. The highest BCUT2D eigenvalue weighted by molar-refractivity contribution is 4.67. The lowest BCUT2D eigenvalue weighted by Crippen LogP contribution is -2.26. The van der Waals surface area contributed by atoms with Crippen LogP contribution in [0.1, 0.15) is 27.2 Å². The molecule has 3 unspecified atom stereocenters. The summed E-state index contributed by atoms with van der Waals surface area (Å²) < 4.78 is 0. The van der Waals surface area contributed by atoms with E-state index in [1.165, 1.54) is 0 Å². The van der Waals surface area contributed by atoms with E-state index in [2.05, 4.69) is 13.8 Å². The molecule has 0 radical (unpaired) electrons. The quantitative estimate of drug-likeness (QED) is 0.621. The van der Waals surface area contributed by atoms with Crippen molar-refractivity contribution in [3.8, 4) is 0 Å². The Hall–Kier alpha value is -0.0800. The second-order valence-corrected chi connectivity index (χ2v) is 2.99. The van der Waals surface area contributed by atoms with Crippen LogP contribution in [-0.2, 0) is 0 Å². The number of hydrogen-bond donors (Lipinski definition) is 2. The van der Waals surface area contributed by atoms with Crippen molar-refractivity contribution < 1.29 is 10.2 Å². The van der Waals surface area contributed by atoms with Crippen LogP contribution in [0.3, 0.4) is 0 Å².